The predicted molar refractivity (Wildman–Crippen MR) is 141 cm³/mol. The highest BCUT2D eigenvalue weighted by molar-refractivity contribution is 8.03. The van der Waals surface area contributed by atoms with Gasteiger partial charge in [0.1, 0.15) is 0 Å². The van der Waals surface area contributed by atoms with E-state index >= 15 is 0 Å². The maximum absolute atomic E-state index is 13.4. The van der Waals surface area contributed by atoms with Gasteiger partial charge >= 0.3 is 11.9 Å². The van der Waals surface area contributed by atoms with Gasteiger partial charge in [-0.15, -0.1) is 11.8 Å². The molecule has 208 valence electrons. The van der Waals surface area contributed by atoms with Crippen molar-refractivity contribution in [3.63, 3.8) is 0 Å². The topological polar surface area (TPSA) is 122 Å². The van der Waals surface area contributed by atoms with Crippen molar-refractivity contribution >= 4 is 29.4 Å². The Morgan fingerprint density at radius 3 is 2.31 bits per heavy atom. The maximum atomic E-state index is 13.4. The minimum absolute atomic E-state index is 0.0198. The number of rotatable bonds is 7. The van der Waals surface area contributed by atoms with Crippen LogP contribution in [0.2, 0.25) is 0 Å². The summed E-state index contributed by atoms with van der Waals surface area (Å²) in [5, 5.41) is 20.9. The van der Waals surface area contributed by atoms with Gasteiger partial charge in [-0.25, -0.2) is 0 Å². The van der Waals surface area contributed by atoms with Gasteiger partial charge in [-0.05, 0) is 59.7 Å². The Kier molecular flexibility index (Phi) is 9.29. The molecule has 1 atom stereocenters. The molecule has 0 fully saturated rings. The SMILES string of the molecule is COc1c(OC)c(S/C(O)=C(\[N+]#N)C(F)(F)F)c2c(c1OC)-c1ccc(SC)c(=O)cc1[C@@H](NC(C)=O)CC2. The van der Waals surface area contributed by atoms with E-state index in [9.17, 15) is 27.9 Å². The third kappa shape index (κ3) is 5.89. The van der Waals surface area contributed by atoms with E-state index in [1.54, 1.807) is 18.4 Å². The van der Waals surface area contributed by atoms with E-state index in [1.165, 1.54) is 46.1 Å². The van der Waals surface area contributed by atoms with E-state index in [0.29, 0.717) is 27.1 Å². The number of allylic oxidation sites excluding steroid dienone is 1. The number of amides is 1. The molecule has 1 amide bonds. The molecule has 2 aromatic carbocycles. The summed E-state index contributed by atoms with van der Waals surface area (Å²) < 4.78 is 57.0. The number of aliphatic hydroxyl groups is 1. The van der Waals surface area contributed by atoms with Crippen molar-refractivity contribution in [1.82, 2.24) is 5.32 Å². The van der Waals surface area contributed by atoms with Crippen LogP contribution >= 0.6 is 23.5 Å². The fourth-order valence-corrected chi connectivity index (χ4v) is 5.93. The van der Waals surface area contributed by atoms with Crippen molar-refractivity contribution in [1.29, 1.82) is 5.39 Å². The Morgan fingerprint density at radius 1 is 1.15 bits per heavy atom. The molecule has 1 aliphatic rings. The van der Waals surface area contributed by atoms with Gasteiger partial charge in [-0.2, -0.15) is 13.2 Å². The monoisotopic (exact) mass is 584 g/mol. The molecule has 2 aromatic rings. The summed E-state index contributed by atoms with van der Waals surface area (Å²) in [5.74, 6) is -0.184. The molecule has 2 N–H and O–H groups in total. The number of benzene rings is 1. The number of hydrogen-bond acceptors (Lipinski definition) is 9. The number of carbonyl (C=O) groups is 1. The van der Waals surface area contributed by atoms with Gasteiger partial charge in [0.05, 0.1) is 37.2 Å². The number of aliphatic hydroxyl groups excluding tert-OH is 1. The number of ether oxygens (including phenoxy) is 3. The minimum atomic E-state index is -5.15. The van der Waals surface area contributed by atoms with Crippen LogP contribution < -0.4 is 25.0 Å². The van der Waals surface area contributed by atoms with Crippen molar-refractivity contribution in [2.45, 2.75) is 41.8 Å². The zero-order chi connectivity index (χ0) is 29.1. The molecule has 0 aromatic heterocycles. The Morgan fingerprint density at radius 2 is 1.79 bits per heavy atom. The Labute approximate surface area is 230 Å². The molecule has 0 spiro atoms. The number of fused-ring (bicyclic) bond motifs is 3. The van der Waals surface area contributed by atoms with E-state index < -0.39 is 23.0 Å². The molecule has 9 nitrogen and oxygen atoms in total. The first-order valence-corrected chi connectivity index (χ1v) is 13.3. The van der Waals surface area contributed by atoms with Gasteiger partial charge < -0.3 is 24.6 Å². The van der Waals surface area contributed by atoms with Crippen LogP contribution in [0.1, 0.15) is 30.5 Å². The number of carbonyl (C=O) groups excluding carboxylic acids is 1. The van der Waals surface area contributed by atoms with Gasteiger partial charge in [0.15, 0.2) is 21.9 Å². The van der Waals surface area contributed by atoms with Crippen molar-refractivity contribution in [3.8, 4) is 28.4 Å². The Bertz CT molecular complexity index is 1440. The van der Waals surface area contributed by atoms with Crippen molar-refractivity contribution in [3.05, 3.63) is 55.3 Å². The standard InChI is InChI=1S/C25H24F3N3O6S2/c1-11(32)30-15-8-6-13-18(12-7-9-17(38-5)16(33)10-14(12)15)19(35-2)20(36-3)21(37-4)22(13)39-24(34)23(31-29)25(26,27)28/h7,9-10,15H,6,8H2,1-5H3,(H-,30,32,34)/p+1/b24-23-/t15-/m0/s1. The number of alkyl halides is 3. The van der Waals surface area contributed by atoms with Gasteiger partial charge in [-0.1, -0.05) is 6.07 Å². The van der Waals surface area contributed by atoms with E-state index in [0.717, 1.165) is 0 Å². The molecule has 0 heterocycles. The second kappa shape index (κ2) is 12.1. The fraction of sp³-hybridized carbons (Fsp3) is 0.360. The zero-order valence-electron chi connectivity index (χ0n) is 21.6. The maximum Gasteiger partial charge on any atom is 0.513 e. The first-order valence-electron chi connectivity index (χ1n) is 11.3. The molecule has 0 aliphatic heterocycles. The van der Waals surface area contributed by atoms with Crippen LogP contribution in [-0.2, 0) is 11.2 Å². The number of thioether (sulfide) groups is 2. The zero-order valence-corrected chi connectivity index (χ0v) is 23.2. The van der Waals surface area contributed by atoms with Crippen LogP contribution in [0.5, 0.6) is 17.2 Å². The second-order valence-corrected chi connectivity index (χ2v) is 10.1. The molecule has 0 saturated carbocycles. The average molecular weight is 585 g/mol. The van der Waals surface area contributed by atoms with E-state index in [2.05, 4.69) is 10.3 Å². The fourth-order valence-electron chi connectivity index (χ4n) is 4.42. The third-order valence-corrected chi connectivity index (χ3v) is 7.77. The van der Waals surface area contributed by atoms with Crippen LogP contribution in [-0.4, -0.2) is 44.8 Å². The van der Waals surface area contributed by atoms with Crippen molar-refractivity contribution in [2.75, 3.05) is 27.6 Å². The summed E-state index contributed by atoms with van der Waals surface area (Å²) in [6, 6.07) is 4.06. The van der Waals surface area contributed by atoms with Crippen LogP contribution in [0, 0.1) is 5.39 Å². The average Bonchev–Trinajstić information content (AvgIpc) is 3.11. The lowest BCUT2D eigenvalue weighted by Gasteiger charge is -2.23. The van der Waals surface area contributed by atoms with E-state index in [1.807, 2.05) is 0 Å². The first kappa shape index (κ1) is 30.0. The van der Waals surface area contributed by atoms with Gasteiger partial charge in [0.2, 0.25) is 17.0 Å². The number of halogens is 3. The molecular weight excluding hydrogens is 559 g/mol. The van der Waals surface area contributed by atoms with Gasteiger partial charge in [-0.3, -0.25) is 9.59 Å². The molecule has 39 heavy (non-hydrogen) atoms. The highest BCUT2D eigenvalue weighted by Crippen LogP contribution is 2.56. The van der Waals surface area contributed by atoms with Gasteiger partial charge in [0, 0.05) is 12.5 Å². The predicted octanol–water partition coefficient (Wildman–Crippen LogP) is 5.82. The normalized spacial score (nSPS) is 15.1. The highest BCUT2D eigenvalue weighted by atomic mass is 32.2. The number of nitrogens with one attached hydrogen (secondary N) is 1. The minimum Gasteiger partial charge on any atom is -0.496 e. The number of methoxy groups -OCH3 is 3. The molecule has 0 saturated heterocycles. The number of nitrogens with zero attached hydrogens (tertiary/aromatic N) is 2. The summed E-state index contributed by atoms with van der Waals surface area (Å²) in [6.45, 7) is 1.33. The quantitative estimate of drug-likeness (QED) is 0.236. The molecular formula is C25H25F3N3O6S2+. The largest absolute Gasteiger partial charge is 0.513 e. The van der Waals surface area contributed by atoms with Gasteiger partial charge in [0.25, 0.3) is 5.09 Å². The lowest BCUT2D eigenvalue weighted by molar-refractivity contribution is -0.119. The smallest absolute Gasteiger partial charge is 0.496 e. The lowest BCUT2D eigenvalue weighted by Crippen LogP contribution is -2.26. The number of hydrogen-bond donors (Lipinski definition) is 2. The lowest BCUT2D eigenvalue weighted by atomic mass is 9.95. The number of diazo groups is 1. The first-order chi connectivity index (χ1) is 18.4. The summed E-state index contributed by atoms with van der Waals surface area (Å²) in [7, 11) is 3.96. The molecule has 3 rings (SSSR count). The highest BCUT2D eigenvalue weighted by Gasteiger charge is 2.51. The van der Waals surface area contributed by atoms with E-state index in [4.69, 9.17) is 19.6 Å². The van der Waals surface area contributed by atoms with Crippen LogP contribution in [0.25, 0.3) is 16.1 Å². The van der Waals surface area contributed by atoms with Crippen molar-refractivity contribution in [2.24, 2.45) is 0 Å². The van der Waals surface area contributed by atoms with Crippen LogP contribution in [0.4, 0.5) is 13.2 Å². The molecule has 14 heteroatoms. The van der Waals surface area contributed by atoms with Crippen LogP contribution in [0.3, 0.4) is 0 Å². The summed E-state index contributed by atoms with van der Waals surface area (Å²) in [5.41, 5.74) is -0.460. The van der Waals surface area contributed by atoms with E-state index in [-0.39, 0.29) is 58.1 Å². The van der Waals surface area contributed by atoms with Crippen molar-refractivity contribution < 1.29 is 37.3 Å². The van der Waals surface area contributed by atoms with Crippen LogP contribution in [0.15, 0.2) is 43.6 Å². The second-order valence-electron chi connectivity index (χ2n) is 8.21. The third-order valence-electron chi connectivity index (χ3n) is 5.97. The molecule has 0 unspecified atom stereocenters. The summed E-state index contributed by atoms with van der Waals surface area (Å²) in [4.78, 5) is 27.8. The summed E-state index contributed by atoms with van der Waals surface area (Å²) >= 11 is 1.51. The Balaban J connectivity index is 2.52. The molecule has 1 aliphatic carbocycles. The molecule has 0 bridgehead atoms. The molecule has 0 radical (unpaired) electrons. The summed E-state index contributed by atoms with van der Waals surface area (Å²) in [6.07, 6.45) is -3.01. The Hall–Kier alpha value is -3.57.